The summed E-state index contributed by atoms with van der Waals surface area (Å²) in [6.45, 7) is 1.33. The normalized spacial score (nSPS) is 10.3. The van der Waals surface area contributed by atoms with Gasteiger partial charge >= 0.3 is 0 Å². The molecule has 0 atom stereocenters. The van der Waals surface area contributed by atoms with E-state index in [2.05, 4.69) is 10.6 Å². The van der Waals surface area contributed by atoms with E-state index < -0.39 is 0 Å². The van der Waals surface area contributed by atoms with Gasteiger partial charge in [-0.05, 0) is 29.7 Å². The lowest BCUT2D eigenvalue weighted by atomic mass is 10.1. The maximum Gasteiger partial charge on any atom is 0.262 e. The van der Waals surface area contributed by atoms with Crippen LogP contribution >= 0.6 is 0 Å². The third-order valence-electron chi connectivity index (χ3n) is 3.58. The van der Waals surface area contributed by atoms with Gasteiger partial charge in [-0.25, -0.2) is 0 Å². The monoisotopic (exact) mass is 334 g/mol. The van der Waals surface area contributed by atoms with Crippen molar-refractivity contribution in [1.29, 1.82) is 0 Å². The number of amides is 2. The molecule has 0 aliphatic rings. The summed E-state index contributed by atoms with van der Waals surface area (Å²) in [7, 11) is 0. The zero-order valence-corrected chi connectivity index (χ0v) is 13.8. The Kier molecular flexibility index (Phi) is 4.95. The van der Waals surface area contributed by atoms with Crippen molar-refractivity contribution in [1.82, 2.24) is 0 Å². The number of anilines is 2. The molecule has 0 aliphatic carbocycles. The molecule has 0 aliphatic heterocycles. The highest BCUT2D eigenvalue weighted by Crippen LogP contribution is 2.25. The summed E-state index contributed by atoms with van der Waals surface area (Å²) in [5.41, 5.74) is 1.22. The molecule has 2 N–H and O–H groups in total. The number of benzene rings is 3. The Morgan fingerprint density at radius 3 is 2.36 bits per heavy atom. The molecule has 0 saturated heterocycles. The Morgan fingerprint density at radius 1 is 0.880 bits per heavy atom. The number of hydrogen-bond acceptors (Lipinski definition) is 3. The summed E-state index contributed by atoms with van der Waals surface area (Å²) in [5, 5.41) is 7.46. The van der Waals surface area contributed by atoms with Gasteiger partial charge in [0.2, 0.25) is 5.91 Å². The molecule has 0 heterocycles. The first-order chi connectivity index (χ1) is 12.1. The molecule has 5 heteroatoms. The van der Waals surface area contributed by atoms with E-state index in [0.29, 0.717) is 17.1 Å². The molecule has 3 rings (SSSR count). The molecule has 5 nitrogen and oxygen atoms in total. The Balaban J connectivity index is 1.64. The van der Waals surface area contributed by atoms with Crippen LogP contribution in [0.25, 0.3) is 10.8 Å². The van der Waals surface area contributed by atoms with Gasteiger partial charge in [-0.2, -0.15) is 0 Å². The highest BCUT2D eigenvalue weighted by molar-refractivity contribution is 5.94. The topological polar surface area (TPSA) is 67.4 Å². The zero-order valence-electron chi connectivity index (χ0n) is 13.8. The minimum absolute atomic E-state index is 0.0988. The van der Waals surface area contributed by atoms with Gasteiger partial charge in [0.25, 0.3) is 5.91 Å². The minimum Gasteiger partial charge on any atom is -0.483 e. The summed E-state index contributed by atoms with van der Waals surface area (Å²) in [5.74, 6) is 0.232. The lowest BCUT2D eigenvalue weighted by Crippen LogP contribution is -2.20. The molecule has 0 bridgehead atoms. The van der Waals surface area contributed by atoms with E-state index in [0.717, 1.165) is 10.8 Å². The van der Waals surface area contributed by atoms with Gasteiger partial charge in [0, 0.05) is 23.7 Å². The van der Waals surface area contributed by atoms with Crippen LogP contribution in [0.1, 0.15) is 6.92 Å². The maximum absolute atomic E-state index is 12.1. The van der Waals surface area contributed by atoms with Gasteiger partial charge in [-0.15, -0.1) is 0 Å². The van der Waals surface area contributed by atoms with Gasteiger partial charge in [-0.1, -0.05) is 42.5 Å². The maximum atomic E-state index is 12.1. The summed E-state index contributed by atoms with van der Waals surface area (Å²) >= 11 is 0. The fourth-order valence-electron chi connectivity index (χ4n) is 2.54. The molecule has 0 fully saturated rings. The van der Waals surface area contributed by atoms with Crippen molar-refractivity contribution in [2.75, 3.05) is 17.2 Å². The Hall–Kier alpha value is -3.34. The molecule has 126 valence electrons. The average Bonchev–Trinajstić information content (AvgIpc) is 2.59. The van der Waals surface area contributed by atoms with Gasteiger partial charge in [-0.3, -0.25) is 9.59 Å². The summed E-state index contributed by atoms with van der Waals surface area (Å²) < 4.78 is 5.67. The lowest BCUT2D eigenvalue weighted by molar-refractivity contribution is -0.118. The van der Waals surface area contributed by atoms with Gasteiger partial charge in [0.15, 0.2) is 6.61 Å². The fourth-order valence-corrected chi connectivity index (χ4v) is 2.54. The zero-order chi connectivity index (χ0) is 17.6. The smallest absolute Gasteiger partial charge is 0.262 e. The van der Waals surface area contributed by atoms with E-state index in [1.165, 1.54) is 6.92 Å². The standard InChI is InChI=1S/C20H18N2O3/c1-14(23)21-16-8-5-9-17(12-16)22-20(24)13-25-19-11-4-7-15-6-2-3-10-18(15)19/h2-12H,13H2,1H3,(H,21,23)(H,22,24). The van der Waals surface area contributed by atoms with Crippen molar-refractivity contribution in [3.8, 4) is 5.75 Å². The molecule has 0 aromatic heterocycles. The number of nitrogens with one attached hydrogen (secondary N) is 2. The molecule has 2 amide bonds. The second-order valence-corrected chi connectivity index (χ2v) is 5.58. The van der Waals surface area contributed by atoms with Crippen molar-refractivity contribution in [2.24, 2.45) is 0 Å². The van der Waals surface area contributed by atoms with Crippen LogP contribution in [-0.4, -0.2) is 18.4 Å². The van der Waals surface area contributed by atoms with Crippen LogP contribution in [0.4, 0.5) is 11.4 Å². The molecule has 0 unspecified atom stereocenters. The SMILES string of the molecule is CC(=O)Nc1cccc(NC(=O)COc2cccc3ccccc23)c1. The highest BCUT2D eigenvalue weighted by atomic mass is 16.5. The number of rotatable bonds is 5. The van der Waals surface area contributed by atoms with Gasteiger partial charge in [0.05, 0.1) is 0 Å². The van der Waals surface area contributed by atoms with Crippen molar-refractivity contribution in [3.63, 3.8) is 0 Å². The second-order valence-electron chi connectivity index (χ2n) is 5.58. The summed E-state index contributed by atoms with van der Waals surface area (Å²) in [6.07, 6.45) is 0. The van der Waals surface area contributed by atoms with Crippen molar-refractivity contribution < 1.29 is 14.3 Å². The highest BCUT2D eigenvalue weighted by Gasteiger charge is 2.07. The van der Waals surface area contributed by atoms with Crippen LogP contribution in [0.3, 0.4) is 0 Å². The lowest BCUT2D eigenvalue weighted by Gasteiger charge is -2.10. The molecule has 0 radical (unpaired) electrons. The average molecular weight is 334 g/mol. The van der Waals surface area contributed by atoms with E-state index >= 15 is 0 Å². The van der Waals surface area contributed by atoms with Crippen LogP contribution in [0.5, 0.6) is 5.75 Å². The van der Waals surface area contributed by atoms with E-state index in [1.807, 2.05) is 42.5 Å². The summed E-state index contributed by atoms with van der Waals surface area (Å²) in [6, 6.07) is 20.5. The molecular weight excluding hydrogens is 316 g/mol. The third-order valence-corrected chi connectivity index (χ3v) is 3.58. The van der Waals surface area contributed by atoms with Crippen molar-refractivity contribution >= 4 is 34.0 Å². The quantitative estimate of drug-likeness (QED) is 0.745. The number of hydrogen-bond donors (Lipinski definition) is 2. The number of carbonyl (C=O) groups excluding carboxylic acids is 2. The Morgan fingerprint density at radius 2 is 1.56 bits per heavy atom. The minimum atomic E-state index is -0.270. The van der Waals surface area contributed by atoms with Crippen LogP contribution in [0.2, 0.25) is 0 Å². The van der Waals surface area contributed by atoms with Crippen LogP contribution in [0.15, 0.2) is 66.7 Å². The molecule has 3 aromatic carbocycles. The largest absolute Gasteiger partial charge is 0.483 e. The number of fused-ring (bicyclic) bond motifs is 1. The first-order valence-electron chi connectivity index (χ1n) is 7.90. The van der Waals surface area contributed by atoms with Crippen LogP contribution in [-0.2, 0) is 9.59 Å². The van der Waals surface area contributed by atoms with E-state index in [9.17, 15) is 9.59 Å². The molecule has 0 spiro atoms. The number of ether oxygens (including phenoxy) is 1. The molecular formula is C20H18N2O3. The third kappa shape index (κ3) is 4.35. The van der Waals surface area contributed by atoms with Gasteiger partial charge < -0.3 is 15.4 Å². The first kappa shape index (κ1) is 16.5. The predicted octanol–water partition coefficient (Wildman–Crippen LogP) is 3.82. The first-order valence-corrected chi connectivity index (χ1v) is 7.90. The van der Waals surface area contributed by atoms with Crippen molar-refractivity contribution in [2.45, 2.75) is 6.92 Å². The van der Waals surface area contributed by atoms with Crippen LogP contribution < -0.4 is 15.4 Å². The second kappa shape index (κ2) is 7.49. The Bertz CT molecular complexity index is 916. The predicted molar refractivity (Wildman–Crippen MR) is 98.8 cm³/mol. The summed E-state index contributed by atoms with van der Waals surface area (Å²) in [4.78, 5) is 23.2. The van der Waals surface area contributed by atoms with E-state index in [1.54, 1.807) is 24.3 Å². The van der Waals surface area contributed by atoms with Crippen LogP contribution in [0, 0.1) is 0 Å². The molecule has 0 saturated carbocycles. The Labute approximate surface area is 145 Å². The van der Waals surface area contributed by atoms with Crippen molar-refractivity contribution in [3.05, 3.63) is 66.7 Å². The van der Waals surface area contributed by atoms with E-state index in [4.69, 9.17) is 4.74 Å². The fraction of sp³-hybridized carbons (Fsp3) is 0.100. The number of carbonyl (C=O) groups is 2. The molecule has 3 aromatic rings. The molecule has 25 heavy (non-hydrogen) atoms. The van der Waals surface area contributed by atoms with Gasteiger partial charge in [0.1, 0.15) is 5.75 Å². The van der Waals surface area contributed by atoms with E-state index in [-0.39, 0.29) is 18.4 Å².